The van der Waals surface area contributed by atoms with Crippen LogP contribution in [0.1, 0.15) is 36.4 Å². The van der Waals surface area contributed by atoms with E-state index in [0.29, 0.717) is 19.6 Å². The van der Waals surface area contributed by atoms with Gasteiger partial charge in [0.1, 0.15) is 23.9 Å². The lowest BCUT2D eigenvalue weighted by Gasteiger charge is -2.12. The number of aryl methyl sites for hydroxylation is 1. The number of hydrogen-bond donors (Lipinski definition) is 1. The number of rotatable bonds is 11. The Morgan fingerprint density at radius 3 is 2.84 bits per heavy atom. The zero-order valence-electron chi connectivity index (χ0n) is 17.2. The van der Waals surface area contributed by atoms with Gasteiger partial charge in [-0.25, -0.2) is 0 Å². The molecule has 0 saturated carbocycles. The predicted molar refractivity (Wildman–Crippen MR) is 116 cm³/mol. The standard InChI is InChI=1S/C22H26N4O4S/c23-20(27)9-10-21-24-25-22(26(21)13-18-3-1-11-28-18)31-15-16-5-7-17(8-6-16)30-14-19-4-2-12-29-19/h1,3,5-8,11,19H,2,4,9-10,12-15H2,(H2,23,27)/t19-/m0/s1. The molecule has 0 spiro atoms. The highest BCUT2D eigenvalue weighted by atomic mass is 32.2. The van der Waals surface area contributed by atoms with E-state index >= 15 is 0 Å². The Kier molecular flexibility index (Phi) is 7.26. The van der Waals surface area contributed by atoms with E-state index in [1.165, 1.54) is 0 Å². The van der Waals surface area contributed by atoms with Gasteiger partial charge in [0.25, 0.3) is 0 Å². The van der Waals surface area contributed by atoms with Crippen LogP contribution < -0.4 is 10.5 Å². The summed E-state index contributed by atoms with van der Waals surface area (Å²) in [7, 11) is 0. The fourth-order valence-electron chi connectivity index (χ4n) is 3.36. The topological polar surface area (TPSA) is 105 Å². The SMILES string of the molecule is NC(=O)CCc1nnc(SCc2ccc(OC[C@@H]3CCCO3)cc2)n1Cc1ccco1. The van der Waals surface area contributed by atoms with Gasteiger partial charge in [0.05, 0.1) is 18.9 Å². The van der Waals surface area contributed by atoms with Crippen LogP contribution in [0.25, 0.3) is 0 Å². The van der Waals surface area contributed by atoms with Crippen LogP contribution in [-0.4, -0.2) is 40.0 Å². The Bertz CT molecular complexity index is 966. The predicted octanol–water partition coefficient (Wildman–Crippen LogP) is 3.19. The minimum absolute atomic E-state index is 0.208. The van der Waals surface area contributed by atoms with Crippen LogP contribution in [0.5, 0.6) is 5.75 Å². The van der Waals surface area contributed by atoms with Crippen LogP contribution in [0, 0.1) is 0 Å². The van der Waals surface area contributed by atoms with Gasteiger partial charge in [-0.15, -0.1) is 10.2 Å². The van der Waals surface area contributed by atoms with E-state index in [2.05, 4.69) is 22.3 Å². The van der Waals surface area contributed by atoms with Crippen molar-refractivity contribution in [1.29, 1.82) is 0 Å². The molecule has 1 atom stereocenters. The highest BCUT2D eigenvalue weighted by Gasteiger charge is 2.17. The first kappa shape index (κ1) is 21.5. The van der Waals surface area contributed by atoms with Crippen molar-refractivity contribution in [2.45, 2.75) is 49.2 Å². The van der Waals surface area contributed by atoms with E-state index in [-0.39, 0.29) is 18.4 Å². The normalized spacial score (nSPS) is 15.9. The van der Waals surface area contributed by atoms with Crippen molar-refractivity contribution in [3.05, 3.63) is 59.8 Å². The summed E-state index contributed by atoms with van der Waals surface area (Å²) in [5.41, 5.74) is 6.45. The van der Waals surface area contributed by atoms with Crippen LogP contribution in [0.2, 0.25) is 0 Å². The Morgan fingerprint density at radius 2 is 2.13 bits per heavy atom. The molecular weight excluding hydrogens is 416 g/mol. The summed E-state index contributed by atoms with van der Waals surface area (Å²) >= 11 is 1.59. The number of benzene rings is 1. The van der Waals surface area contributed by atoms with Gasteiger partial charge in [-0.1, -0.05) is 23.9 Å². The van der Waals surface area contributed by atoms with Gasteiger partial charge in [-0.2, -0.15) is 0 Å². The number of furan rings is 1. The maximum Gasteiger partial charge on any atom is 0.217 e. The van der Waals surface area contributed by atoms with Crippen LogP contribution in [-0.2, 0) is 28.2 Å². The average molecular weight is 443 g/mol. The summed E-state index contributed by atoms with van der Waals surface area (Å²) in [6.45, 7) is 1.93. The van der Waals surface area contributed by atoms with Crippen LogP contribution in [0.3, 0.4) is 0 Å². The summed E-state index contributed by atoms with van der Waals surface area (Å²) < 4.78 is 18.9. The average Bonchev–Trinajstić information content (AvgIpc) is 3.54. The Labute approximate surface area is 185 Å². The Morgan fingerprint density at radius 1 is 1.26 bits per heavy atom. The molecule has 0 bridgehead atoms. The number of primary amides is 1. The molecule has 1 saturated heterocycles. The summed E-state index contributed by atoms with van der Waals surface area (Å²) in [4.78, 5) is 11.2. The summed E-state index contributed by atoms with van der Waals surface area (Å²) in [6.07, 6.45) is 4.69. The third-order valence-corrected chi connectivity index (χ3v) is 6.07. The van der Waals surface area contributed by atoms with Gasteiger partial charge >= 0.3 is 0 Å². The molecule has 164 valence electrons. The molecule has 0 aliphatic carbocycles. The van der Waals surface area contributed by atoms with Gasteiger partial charge in [0, 0.05) is 25.2 Å². The molecule has 2 N–H and O–H groups in total. The molecule has 2 aromatic heterocycles. The minimum atomic E-state index is -0.358. The molecule has 4 rings (SSSR count). The van der Waals surface area contributed by atoms with Crippen molar-refractivity contribution in [3.63, 3.8) is 0 Å². The molecule has 9 heteroatoms. The Balaban J connectivity index is 1.37. The highest BCUT2D eigenvalue weighted by molar-refractivity contribution is 7.98. The second-order valence-corrected chi connectivity index (χ2v) is 8.35. The second-order valence-electron chi connectivity index (χ2n) is 7.41. The summed E-state index contributed by atoms with van der Waals surface area (Å²) in [5, 5.41) is 9.37. The molecule has 31 heavy (non-hydrogen) atoms. The maximum atomic E-state index is 11.2. The minimum Gasteiger partial charge on any atom is -0.491 e. The van der Waals surface area contributed by atoms with E-state index in [0.717, 1.165) is 53.3 Å². The van der Waals surface area contributed by atoms with Crippen molar-refractivity contribution in [3.8, 4) is 5.75 Å². The smallest absolute Gasteiger partial charge is 0.217 e. The molecule has 8 nitrogen and oxygen atoms in total. The van der Waals surface area contributed by atoms with Gasteiger partial charge in [-0.3, -0.25) is 9.36 Å². The fraction of sp³-hybridized carbons (Fsp3) is 0.409. The Hall–Kier alpha value is -2.78. The van der Waals surface area contributed by atoms with E-state index < -0.39 is 0 Å². The monoisotopic (exact) mass is 442 g/mol. The van der Waals surface area contributed by atoms with Crippen LogP contribution >= 0.6 is 11.8 Å². The summed E-state index contributed by atoms with van der Waals surface area (Å²) in [6, 6.07) is 11.8. The molecule has 1 aliphatic rings. The van der Waals surface area contributed by atoms with Crippen molar-refractivity contribution in [2.24, 2.45) is 5.73 Å². The number of nitrogens with zero attached hydrogens (tertiary/aromatic N) is 3. The lowest BCUT2D eigenvalue weighted by atomic mass is 10.2. The van der Waals surface area contributed by atoms with Gasteiger partial charge < -0.3 is 19.6 Å². The van der Waals surface area contributed by atoms with Crippen molar-refractivity contribution in [2.75, 3.05) is 13.2 Å². The first-order chi connectivity index (χ1) is 15.2. The van der Waals surface area contributed by atoms with Crippen molar-refractivity contribution in [1.82, 2.24) is 14.8 Å². The van der Waals surface area contributed by atoms with Crippen LogP contribution in [0.15, 0.2) is 52.2 Å². The number of thioether (sulfide) groups is 1. The van der Waals surface area contributed by atoms with E-state index in [4.69, 9.17) is 19.6 Å². The second kappa shape index (κ2) is 10.5. The van der Waals surface area contributed by atoms with Crippen molar-refractivity contribution >= 4 is 17.7 Å². The number of aromatic nitrogens is 3. The number of nitrogens with two attached hydrogens (primary N) is 1. The molecule has 1 fully saturated rings. The third kappa shape index (κ3) is 6.11. The first-order valence-electron chi connectivity index (χ1n) is 10.4. The van der Waals surface area contributed by atoms with Gasteiger partial charge in [0.2, 0.25) is 5.91 Å². The molecule has 3 aromatic rings. The maximum absolute atomic E-state index is 11.2. The highest BCUT2D eigenvalue weighted by Crippen LogP contribution is 2.25. The largest absolute Gasteiger partial charge is 0.491 e. The number of carbonyl (C=O) groups excluding carboxylic acids is 1. The number of hydrogen-bond acceptors (Lipinski definition) is 7. The molecule has 0 radical (unpaired) electrons. The van der Waals surface area contributed by atoms with E-state index in [9.17, 15) is 4.79 Å². The number of amides is 1. The lowest BCUT2D eigenvalue weighted by molar-refractivity contribution is -0.118. The molecule has 1 aliphatic heterocycles. The van der Waals surface area contributed by atoms with E-state index in [1.807, 2.05) is 28.8 Å². The third-order valence-electron chi connectivity index (χ3n) is 5.03. The molecule has 1 amide bonds. The zero-order valence-corrected chi connectivity index (χ0v) is 18.1. The number of ether oxygens (including phenoxy) is 2. The van der Waals surface area contributed by atoms with E-state index in [1.54, 1.807) is 18.0 Å². The van der Waals surface area contributed by atoms with Gasteiger partial charge in [-0.05, 0) is 42.7 Å². The quantitative estimate of drug-likeness (QED) is 0.455. The molecule has 3 heterocycles. The molecule has 0 unspecified atom stereocenters. The summed E-state index contributed by atoms with van der Waals surface area (Å²) in [5.74, 6) is 2.74. The first-order valence-corrected chi connectivity index (χ1v) is 11.3. The zero-order chi connectivity index (χ0) is 21.5. The van der Waals surface area contributed by atoms with Gasteiger partial charge in [0.15, 0.2) is 5.16 Å². The molecular formula is C22H26N4O4S. The lowest BCUT2D eigenvalue weighted by Crippen LogP contribution is -2.16. The number of carbonyl (C=O) groups is 1. The molecule has 1 aromatic carbocycles. The fourth-order valence-corrected chi connectivity index (χ4v) is 4.27. The van der Waals surface area contributed by atoms with Crippen molar-refractivity contribution < 1.29 is 18.7 Å². The van der Waals surface area contributed by atoms with Crippen LogP contribution in [0.4, 0.5) is 0 Å².